The highest BCUT2D eigenvalue weighted by Crippen LogP contribution is 2.34. The van der Waals surface area contributed by atoms with E-state index in [1.54, 1.807) is 0 Å². The van der Waals surface area contributed by atoms with E-state index in [1.807, 2.05) is 0 Å². The SMILES string of the molecule is Cl.Nc1cnn(-c2ccncn2)c1C(F)(F)F. The van der Waals surface area contributed by atoms with Crippen molar-refractivity contribution >= 4 is 18.1 Å². The van der Waals surface area contributed by atoms with Crippen LogP contribution >= 0.6 is 12.4 Å². The van der Waals surface area contributed by atoms with Gasteiger partial charge in [0.15, 0.2) is 11.5 Å². The van der Waals surface area contributed by atoms with Crippen molar-refractivity contribution in [1.29, 1.82) is 0 Å². The number of nitrogen functional groups attached to an aromatic ring is 1. The summed E-state index contributed by atoms with van der Waals surface area (Å²) in [6.07, 6.45) is -1.19. The van der Waals surface area contributed by atoms with Crippen LogP contribution in [0.25, 0.3) is 5.82 Å². The Morgan fingerprint density at radius 1 is 1.29 bits per heavy atom. The summed E-state index contributed by atoms with van der Waals surface area (Å²) >= 11 is 0. The van der Waals surface area contributed by atoms with Gasteiger partial charge in [0.25, 0.3) is 0 Å². The summed E-state index contributed by atoms with van der Waals surface area (Å²) in [5.74, 6) is 0.0130. The first-order valence-electron chi connectivity index (χ1n) is 4.17. The molecule has 0 atom stereocenters. The number of rotatable bonds is 1. The molecule has 0 radical (unpaired) electrons. The summed E-state index contributed by atoms with van der Waals surface area (Å²) in [6.45, 7) is 0. The van der Waals surface area contributed by atoms with Gasteiger partial charge in [0.2, 0.25) is 0 Å². The molecule has 0 fully saturated rings. The van der Waals surface area contributed by atoms with Gasteiger partial charge in [-0.25, -0.2) is 14.6 Å². The highest BCUT2D eigenvalue weighted by molar-refractivity contribution is 5.85. The molecule has 0 unspecified atom stereocenters. The molecule has 0 saturated carbocycles. The molecule has 92 valence electrons. The molecule has 2 rings (SSSR count). The first-order valence-corrected chi connectivity index (χ1v) is 4.17. The molecular weight excluding hydrogens is 259 g/mol. The van der Waals surface area contributed by atoms with E-state index in [1.165, 1.54) is 12.3 Å². The van der Waals surface area contributed by atoms with E-state index < -0.39 is 17.6 Å². The molecule has 5 nitrogen and oxygen atoms in total. The predicted molar refractivity (Wildman–Crippen MR) is 55.8 cm³/mol. The highest BCUT2D eigenvalue weighted by atomic mass is 35.5. The fraction of sp³-hybridized carbons (Fsp3) is 0.125. The summed E-state index contributed by atoms with van der Waals surface area (Å²) in [4.78, 5) is 7.28. The molecule has 2 aromatic rings. The van der Waals surface area contributed by atoms with Gasteiger partial charge in [0.05, 0.1) is 11.9 Å². The van der Waals surface area contributed by atoms with Crippen molar-refractivity contribution < 1.29 is 13.2 Å². The lowest BCUT2D eigenvalue weighted by molar-refractivity contribution is -0.142. The number of nitrogens with zero attached hydrogens (tertiary/aromatic N) is 4. The Kier molecular flexibility index (Phi) is 3.56. The fourth-order valence-corrected chi connectivity index (χ4v) is 1.23. The number of hydrogen-bond acceptors (Lipinski definition) is 4. The van der Waals surface area contributed by atoms with E-state index in [4.69, 9.17) is 5.73 Å². The Labute approximate surface area is 99.9 Å². The number of nitrogens with two attached hydrogens (primary N) is 1. The molecule has 0 aliphatic heterocycles. The zero-order valence-electron chi connectivity index (χ0n) is 8.22. The minimum absolute atomic E-state index is 0. The molecule has 17 heavy (non-hydrogen) atoms. The van der Waals surface area contributed by atoms with Crippen molar-refractivity contribution in [1.82, 2.24) is 19.7 Å². The zero-order valence-corrected chi connectivity index (χ0v) is 9.03. The normalized spacial score (nSPS) is 11.0. The van der Waals surface area contributed by atoms with Crippen molar-refractivity contribution in [3.63, 3.8) is 0 Å². The Morgan fingerprint density at radius 3 is 2.53 bits per heavy atom. The Morgan fingerprint density at radius 2 is 2.00 bits per heavy atom. The molecule has 9 heteroatoms. The first kappa shape index (κ1) is 13.2. The standard InChI is InChI=1S/C8H6F3N5.ClH/c9-8(10,11)7-5(12)3-15-16(7)6-1-2-13-4-14-6;/h1-4H,12H2;1H. The number of alkyl halides is 3. The van der Waals surface area contributed by atoms with Crippen molar-refractivity contribution in [2.75, 3.05) is 5.73 Å². The Hall–Kier alpha value is -1.83. The molecule has 0 aromatic carbocycles. The Balaban J connectivity index is 0.00000144. The maximum atomic E-state index is 12.6. The van der Waals surface area contributed by atoms with Gasteiger partial charge in [-0.1, -0.05) is 0 Å². The molecule has 0 aliphatic carbocycles. The highest BCUT2D eigenvalue weighted by Gasteiger charge is 2.38. The van der Waals surface area contributed by atoms with Crippen LogP contribution in [0.3, 0.4) is 0 Å². The maximum absolute atomic E-state index is 12.6. The van der Waals surface area contributed by atoms with Crippen LogP contribution in [-0.4, -0.2) is 19.7 Å². The largest absolute Gasteiger partial charge is 0.435 e. The quantitative estimate of drug-likeness (QED) is 0.852. The third kappa shape index (κ3) is 2.47. The van der Waals surface area contributed by atoms with E-state index in [9.17, 15) is 13.2 Å². The minimum Gasteiger partial charge on any atom is -0.396 e. The van der Waals surface area contributed by atoms with E-state index in [-0.39, 0.29) is 18.2 Å². The summed E-state index contributed by atoms with van der Waals surface area (Å²) in [7, 11) is 0. The van der Waals surface area contributed by atoms with E-state index >= 15 is 0 Å². The monoisotopic (exact) mass is 265 g/mol. The molecule has 0 aliphatic rings. The molecular formula is C8H7ClF3N5. The van der Waals surface area contributed by atoms with Gasteiger partial charge >= 0.3 is 6.18 Å². The lowest BCUT2D eigenvalue weighted by Crippen LogP contribution is -2.15. The van der Waals surface area contributed by atoms with Crippen LogP contribution in [0, 0.1) is 0 Å². The van der Waals surface area contributed by atoms with Crippen LogP contribution in [0.5, 0.6) is 0 Å². The second-order valence-corrected chi connectivity index (χ2v) is 2.93. The lowest BCUT2D eigenvalue weighted by Gasteiger charge is -2.09. The van der Waals surface area contributed by atoms with Crippen LogP contribution in [0.15, 0.2) is 24.8 Å². The summed E-state index contributed by atoms with van der Waals surface area (Å²) < 4.78 is 38.6. The van der Waals surface area contributed by atoms with Crippen LogP contribution in [0.2, 0.25) is 0 Å². The maximum Gasteiger partial charge on any atom is 0.435 e. The average molecular weight is 266 g/mol. The molecule has 0 amide bonds. The van der Waals surface area contributed by atoms with Crippen LogP contribution in [-0.2, 0) is 6.18 Å². The summed E-state index contributed by atoms with van der Waals surface area (Å²) in [5.41, 5.74) is 3.74. The van der Waals surface area contributed by atoms with E-state index in [0.29, 0.717) is 4.68 Å². The lowest BCUT2D eigenvalue weighted by atomic mass is 10.3. The fourth-order valence-electron chi connectivity index (χ4n) is 1.23. The number of anilines is 1. The predicted octanol–water partition coefficient (Wildman–Crippen LogP) is 1.69. The van der Waals surface area contributed by atoms with Gasteiger partial charge in [-0.3, -0.25) is 0 Å². The van der Waals surface area contributed by atoms with Crippen molar-refractivity contribution in [2.24, 2.45) is 0 Å². The smallest absolute Gasteiger partial charge is 0.396 e. The minimum atomic E-state index is -4.58. The number of halogens is 4. The zero-order chi connectivity index (χ0) is 11.8. The Bertz CT molecular complexity index is 496. The molecule has 2 aromatic heterocycles. The summed E-state index contributed by atoms with van der Waals surface area (Å²) in [6, 6.07) is 1.31. The number of aromatic nitrogens is 4. The van der Waals surface area contributed by atoms with Gasteiger partial charge in [-0.2, -0.15) is 18.3 Å². The topological polar surface area (TPSA) is 69.6 Å². The van der Waals surface area contributed by atoms with Gasteiger partial charge < -0.3 is 5.73 Å². The van der Waals surface area contributed by atoms with E-state index in [2.05, 4.69) is 15.1 Å². The molecule has 0 spiro atoms. The van der Waals surface area contributed by atoms with Crippen molar-refractivity contribution in [3.05, 3.63) is 30.5 Å². The van der Waals surface area contributed by atoms with E-state index in [0.717, 1.165) is 12.5 Å². The number of hydrogen-bond donors (Lipinski definition) is 1. The van der Waals surface area contributed by atoms with Crippen molar-refractivity contribution in [3.8, 4) is 5.82 Å². The van der Waals surface area contributed by atoms with Gasteiger partial charge in [0.1, 0.15) is 6.33 Å². The third-order valence-electron chi connectivity index (χ3n) is 1.85. The second kappa shape index (κ2) is 4.58. The molecule has 0 bridgehead atoms. The van der Waals surface area contributed by atoms with Gasteiger partial charge in [0, 0.05) is 12.3 Å². The van der Waals surface area contributed by atoms with Crippen LogP contribution < -0.4 is 5.73 Å². The molecule has 2 heterocycles. The van der Waals surface area contributed by atoms with Crippen LogP contribution in [0.4, 0.5) is 18.9 Å². The van der Waals surface area contributed by atoms with Gasteiger partial charge in [-0.05, 0) is 0 Å². The molecule has 0 saturated heterocycles. The molecule has 2 N–H and O–H groups in total. The second-order valence-electron chi connectivity index (χ2n) is 2.93. The third-order valence-corrected chi connectivity index (χ3v) is 1.85. The average Bonchev–Trinajstić information content (AvgIpc) is 2.61. The van der Waals surface area contributed by atoms with Gasteiger partial charge in [-0.15, -0.1) is 12.4 Å². The first-order chi connectivity index (χ1) is 7.50. The summed E-state index contributed by atoms with van der Waals surface area (Å²) in [5, 5.41) is 3.53. The van der Waals surface area contributed by atoms with Crippen molar-refractivity contribution in [2.45, 2.75) is 6.18 Å². The van der Waals surface area contributed by atoms with Crippen LogP contribution in [0.1, 0.15) is 5.69 Å².